The second-order valence-corrected chi connectivity index (χ2v) is 6.21. The largest absolute Gasteiger partial charge is 0.392 e. The summed E-state index contributed by atoms with van der Waals surface area (Å²) in [5, 5.41) is 13.0. The molecule has 0 bridgehead atoms. The highest BCUT2D eigenvalue weighted by Gasteiger charge is 2.19. The van der Waals surface area contributed by atoms with Gasteiger partial charge in [-0.1, -0.05) is 29.8 Å². The van der Waals surface area contributed by atoms with Gasteiger partial charge in [-0.05, 0) is 57.8 Å². The number of likely N-dealkylation sites (tertiary alicyclic amines) is 1. The Morgan fingerprint density at radius 1 is 1.25 bits per heavy atom. The van der Waals surface area contributed by atoms with Crippen LogP contribution >= 0.6 is 0 Å². The number of aliphatic hydroxyl groups is 1. The van der Waals surface area contributed by atoms with Gasteiger partial charge < -0.3 is 15.3 Å². The lowest BCUT2D eigenvalue weighted by Crippen LogP contribution is -2.40. The van der Waals surface area contributed by atoms with Gasteiger partial charge in [0.1, 0.15) is 0 Å². The Morgan fingerprint density at radius 2 is 1.90 bits per heavy atom. The first-order valence-corrected chi connectivity index (χ1v) is 7.80. The molecule has 1 aromatic rings. The smallest absolute Gasteiger partial charge is 0.0639 e. The van der Waals surface area contributed by atoms with Crippen LogP contribution < -0.4 is 5.32 Å². The minimum absolute atomic E-state index is 0.203. The van der Waals surface area contributed by atoms with Crippen molar-refractivity contribution in [3.05, 3.63) is 35.4 Å². The normalized spacial score (nSPS) is 19.1. The van der Waals surface area contributed by atoms with Crippen molar-refractivity contribution in [1.82, 2.24) is 10.2 Å². The van der Waals surface area contributed by atoms with Crippen LogP contribution in [0.2, 0.25) is 0 Å². The average molecular weight is 276 g/mol. The molecule has 1 unspecified atom stereocenters. The number of rotatable bonds is 6. The number of hydrogen-bond acceptors (Lipinski definition) is 3. The number of benzene rings is 1. The maximum atomic E-state index is 9.40. The van der Waals surface area contributed by atoms with Gasteiger partial charge in [0, 0.05) is 13.1 Å². The van der Waals surface area contributed by atoms with Crippen molar-refractivity contribution < 1.29 is 5.11 Å². The highest BCUT2D eigenvalue weighted by Crippen LogP contribution is 2.16. The lowest BCUT2D eigenvalue weighted by Gasteiger charge is -2.32. The van der Waals surface area contributed by atoms with E-state index in [1.165, 1.54) is 24.0 Å². The van der Waals surface area contributed by atoms with Crippen LogP contribution in [0.15, 0.2) is 24.3 Å². The Morgan fingerprint density at radius 3 is 2.50 bits per heavy atom. The first kappa shape index (κ1) is 15.5. The molecule has 0 radical (unpaired) electrons. The van der Waals surface area contributed by atoms with Gasteiger partial charge in [-0.15, -0.1) is 0 Å². The van der Waals surface area contributed by atoms with E-state index in [4.69, 9.17) is 0 Å². The van der Waals surface area contributed by atoms with Crippen LogP contribution in [0.5, 0.6) is 0 Å². The van der Waals surface area contributed by atoms with E-state index in [-0.39, 0.29) is 6.10 Å². The number of hydrogen-bond donors (Lipinski definition) is 2. The summed E-state index contributed by atoms with van der Waals surface area (Å²) >= 11 is 0. The van der Waals surface area contributed by atoms with Crippen molar-refractivity contribution in [2.24, 2.45) is 5.92 Å². The molecule has 112 valence electrons. The third-order valence-corrected chi connectivity index (χ3v) is 4.11. The minimum Gasteiger partial charge on any atom is -0.392 e. The summed E-state index contributed by atoms with van der Waals surface area (Å²) in [6, 6.07) is 8.75. The third-order valence-electron chi connectivity index (χ3n) is 4.11. The summed E-state index contributed by atoms with van der Waals surface area (Å²) in [6.45, 7) is 9.14. The molecule has 1 fully saturated rings. The maximum absolute atomic E-state index is 9.40. The summed E-state index contributed by atoms with van der Waals surface area (Å²) < 4.78 is 0. The van der Waals surface area contributed by atoms with Crippen molar-refractivity contribution in [1.29, 1.82) is 0 Å². The van der Waals surface area contributed by atoms with E-state index in [2.05, 4.69) is 41.4 Å². The minimum atomic E-state index is -0.203. The number of nitrogens with zero attached hydrogens (tertiary/aromatic N) is 1. The molecule has 1 saturated heterocycles. The van der Waals surface area contributed by atoms with Gasteiger partial charge in [-0.25, -0.2) is 0 Å². The summed E-state index contributed by atoms with van der Waals surface area (Å²) in [5.41, 5.74) is 2.68. The summed E-state index contributed by atoms with van der Waals surface area (Å²) in [4.78, 5) is 2.38. The van der Waals surface area contributed by atoms with Gasteiger partial charge in [0.2, 0.25) is 0 Å². The van der Waals surface area contributed by atoms with E-state index in [9.17, 15) is 5.11 Å². The molecule has 1 atom stereocenters. The third kappa shape index (κ3) is 5.23. The molecule has 0 aromatic heterocycles. The van der Waals surface area contributed by atoms with Gasteiger partial charge in [-0.2, -0.15) is 0 Å². The number of nitrogens with one attached hydrogen (secondary N) is 1. The highest BCUT2D eigenvalue weighted by molar-refractivity contribution is 5.21. The standard InChI is InChI=1S/C17H28N2O/c1-14-3-5-16(6-4-14)11-18-12-17-7-9-19(10-8-17)13-15(2)20/h3-6,15,17-18,20H,7-13H2,1-2H3. The van der Waals surface area contributed by atoms with Crippen LogP contribution in [0.3, 0.4) is 0 Å². The predicted molar refractivity (Wildman–Crippen MR) is 83.7 cm³/mol. The Balaban J connectivity index is 1.62. The SMILES string of the molecule is Cc1ccc(CNCC2CCN(CC(C)O)CC2)cc1. The van der Waals surface area contributed by atoms with E-state index < -0.39 is 0 Å². The van der Waals surface area contributed by atoms with Crippen LogP contribution in [0, 0.1) is 12.8 Å². The molecule has 2 rings (SSSR count). The Kier molecular flexibility index (Phi) is 6.02. The Hall–Kier alpha value is -0.900. The summed E-state index contributed by atoms with van der Waals surface area (Å²) in [5.74, 6) is 0.783. The number of piperidine rings is 1. The van der Waals surface area contributed by atoms with Crippen LogP contribution in [0.1, 0.15) is 30.9 Å². The monoisotopic (exact) mass is 276 g/mol. The Labute approximate surface area is 123 Å². The van der Waals surface area contributed by atoms with Crippen LogP contribution in [0.4, 0.5) is 0 Å². The van der Waals surface area contributed by atoms with Crippen LogP contribution in [0.25, 0.3) is 0 Å². The molecule has 0 aliphatic carbocycles. The molecular formula is C17H28N2O. The Bertz CT molecular complexity index is 380. The van der Waals surface area contributed by atoms with Gasteiger partial charge in [0.25, 0.3) is 0 Å². The van der Waals surface area contributed by atoms with Crippen molar-refractivity contribution in [3.63, 3.8) is 0 Å². The van der Waals surface area contributed by atoms with Crippen molar-refractivity contribution >= 4 is 0 Å². The molecule has 1 aliphatic rings. The topological polar surface area (TPSA) is 35.5 Å². The fraction of sp³-hybridized carbons (Fsp3) is 0.647. The molecule has 3 nitrogen and oxygen atoms in total. The fourth-order valence-corrected chi connectivity index (χ4v) is 2.87. The molecular weight excluding hydrogens is 248 g/mol. The zero-order valence-electron chi connectivity index (χ0n) is 12.8. The predicted octanol–water partition coefficient (Wildman–Crippen LogP) is 2.18. The van der Waals surface area contributed by atoms with Gasteiger partial charge >= 0.3 is 0 Å². The van der Waals surface area contributed by atoms with Gasteiger partial charge in [0.05, 0.1) is 6.10 Å². The van der Waals surface area contributed by atoms with Crippen molar-refractivity contribution in [3.8, 4) is 0 Å². The first-order valence-electron chi connectivity index (χ1n) is 7.80. The summed E-state index contributed by atoms with van der Waals surface area (Å²) in [7, 11) is 0. The van der Waals surface area contributed by atoms with E-state index in [0.717, 1.165) is 38.6 Å². The molecule has 0 saturated carbocycles. The first-order chi connectivity index (χ1) is 9.63. The molecule has 1 aromatic carbocycles. The molecule has 1 aliphatic heterocycles. The average Bonchev–Trinajstić information content (AvgIpc) is 2.42. The molecule has 1 heterocycles. The second-order valence-electron chi connectivity index (χ2n) is 6.21. The quantitative estimate of drug-likeness (QED) is 0.836. The van der Waals surface area contributed by atoms with E-state index in [0.29, 0.717) is 0 Å². The number of aliphatic hydroxyl groups excluding tert-OH is 1. The van der Waals surface area contributed by atoms with Gasteiger partial charge in [0.15, 0.2) is 0 Å². The molecule has 2 N–H and O–H groups in total. The zero-order chi connectivity index (χ0) is 14.4. The van der Waals surface area contributed by atoms with E-state index >= 15 is 0 Å². The van der Waals surface area contributed by atoms with E-state index in [1.807, 2.05) is 6.92 Å². The van der Waals surface area contributed by atoms with Crippen molar-refractivity contribution in [2.45, 2.75) is 39.3 Å². The number of β-amino-alcohol motifs (C(OH)–C–C–N with tert-alkyl or cyclic N) is 1. The molecule has 20 heavy (non-hydrogen) atoms. The summed E-state index contributed by atoms with van der Waals surface area (Å²) in [6.07, 6.45) is 2.28. The maximum Gasteiger partial charge on any atom is 0.0639 e. The molecule has 0 amide bonds. The van der Waals surface area contributed by atoms with Crippen LogP contribution in [-0.2, 0) is 6.54 Å². The zero-order valence-corrected chi connectivity index (χ0v) is 12.8. The van der Waals surface area contributed by atoms with Crippen LogP contribution in [-0.4, -0.2) is 42.3 Å². The highest BCUT2D eigenvalue weighted by atomic mass is 16.3. The fourth-order valence-electron chi connectivity index (χ4n) is 2.87. The van der Waals surface area contributed by atoms with E-state index in [1.54, 1.807) is 0 Å². The number of aryl methyl sites for hydroxylation is 1. The molecule has 3 heteroatoms. The van der Waals surface area contributed by atoms with Gasteiger partial charge in [-0.3, -0.25) is 0 Å². The molecule has 0 spiro atoms. The van der Waals surface area contributed by atoms with Crippen molar-refractivity contribution in [2.75, 3.05) is 26.2 Å². The lowest BCUT2D eigenvalue weighted by atomic mass is 9.96. The second kappa shape index (κ2) is 7.77. The lowest BCUT2D eigenvalue weighted by molar-refractivity contribution is 0.0998.